The first kappa shape index (κ1) is 16.9. The summed E-state index contributed by atoms with van der Waals surface area (Å²) in [6.07, 6.45) is 2.49. The Morgan fingerprint density at radius 2 is 2.19 bits per heavy atom. The first-order valence-electron chi connectivity index (χ1n) is 7.35. The van der Waals surface area contributed by atoms with Gasteiger partial charge in [0.05, 0.1) is 11.5 Å². The Kier molecular flexibility index (Phi) is 6.19. The number of hydrogen-bond acceptors (Lipinski definition) is 5. The van der Waals surface area contributed by atoms with Crippen molar-refractivity contribution in [1.29, 1.82) is 0 Å². The number of sulfonamides is 1. The van der Waals surface area contributed by atoms with Gasteiger partial charge in [0.25, 0.3) is 0 Å². The Balaban J connectivity index is 1.75. The predicted octanol–water partition coefficient (Wildman–Crippen LogP) is 1.95. The maximum Gasteiger partial charge on any atom is 0.241 e. The molecule has 1 aliphatic carbocycles. The highest BCUT2D eigenvalue weighted by atomic mass is 32.2. The largest absolute Gasteiger partial charge is 0.380 e. The zero-order chi connectivity index (χ0) is 15.3. The monoisotopic (exact) mass is 332 g/mol. The number of thiophene rings is 1. The van der Waals surface area contributed by atoms with Crippen LogP contribution >= 0.6 is 11.3 Å². The van der Waals surface area contributed by atoms with Crippen LogP contribution in [0, 0.1) is 5.92 Å². The van der Waals surface area contributed by atoms with Crippen molar-refractivity contribution in [2.24, 2.45) is 5.92 Å². The molecule has 21 heavy (non-hydrogen) atoms. The summed E-state index contributed by atoms with van der Waals surface area (Å²) in [5.74, 6) is 0.703. The molecule has 1 saturated carbocycles. The third-order valence-corrected chi connectivity index (χ3v) is 5.74. The molecule has 0 spiro atoms. The molecule has 120 valence electrons. The molecule has 0 unspecified atom stereocenters. The van der Waals surface area contributed by atoms with Gasteiger partial charge in [0.2, 0.25) is 10.0 Å². The van der Waals surface area contributed by atoms with Crippen LogP contribution in [0.4, 0.5) is 0 Å². The van der Waals surface area contributed by atoms with Crippen LogP contribution in [0.25, 0.3) is 0 Å². The molecule has 7 heteroatoms. The fraction of sp³-hybridized carbons (Fsp3) is 0.714. The van der Waals surface area contributed by atoms with Gasteiger partial charge in [-0.25, -0.2) is 13.1 Å². The van der Waals surface area contributed by atoms with Crippen molar-refractivity contribution in [2.45, 2.75) is 44.2 Å². The first-order valence-corrected chi connectivity index (χ1v) is 9.72. The van der Waals surface area contributed by atoms with Gasteiger partial charge in [0.1, 0.15) is 0 Å². The lowest BCUT2D eigenvalue weighted by molar-refractivity contribution is 0.129. The van der Waals surface area contributed by atoms with Crippen LogP contribution in [0.1, 0.15) is 31.6 Å². The normalized spacial score (nSPS) is 15.8. The number of hydrogen-bond donors (Lipinski definition) is 2. The molecule has 5 nitrogen and oxygen atoms in total. The molecule has 2 rings (SSSR count). The Morgan fingerprint density at radius 1 is 1.43 bits per heavy atom. The minimum atomic E-state index is -3.41. The smallest absolute Gasteiger partial charge is 0.241 e. The van der Waals surface area contributed by atoms with Gasteiger partial charge >= 0.3 is 0 Å². The van der Waals surface area contributed by atoms with Gasteiger partial charge in [-0.15, -0.1) is 11.3 Å². The highest BCUT2D eigenvalue weighted by Crippen LogP contribution is 2.28. The zero-order valence-electron chi connectivity index (χ0n) is 12.6. The quantitative estimate of drug-likeness (QED) is 0.643. The summed E-state index contributed by atoms with van der Waals surface area (Å²) in [5.41, 5.74) is 0. The van der Waals surface area contributed by atoms with E-state index in [4.69, 9.17) is 4.74 Å². The number of nitrogens with one attached hydrogen (secondary N) is 2. The molecule has 1 fully saturated rings. The standard InChI is InChI=1S/C14H24N2O3S2/c1-11(2)15-8-13-7-14(10-20-13)21(17,18)16-5-6-19-9-12-3-4-12/h7,10-12,15-16H,3-6,8-9H2,1-2H3. The van der Waals surface area contributed by atoms with Crippen LogP contribution in [0.5, 0.6) is 0 Å². The molecule has 1 aromatic rings. The van der Waals surface area contributed by atoms with E-state index in [0.29, 0.717) is 36.6 Å². The molecule has 0 aromatic carbocycles. The van der Waals surface area contributed by atoms with Crippen molar-refractivity contribution in [1.82, 2.24) is 10.0 Å². The maximum atomic E-state index is 12.1. The maximum absolute atomic E-state index is 12.1. The van der Waals surface area contributed by atoms with Gasteiger partial charge in [0, 0.05) is 36.0 Å². The predicted molar refractivity (Wildman–Crippen MR) is 85.0 cm³/mol. The van der Waals surface area contributed by atoms with Gasteiger partial charge < -0.3 is 10.1 Å². The van der Waals surface area contributed by atoms with Crippen LogP contribution in [0.2, 0.25) is 0 Å². The number of ether oxygens (including phenoxy) is 1. The third-order valence-electron chi connectivity index (χ3n) is 3.21. The Bertz CT molecular complexity index is 536. The molecule has 1 aliphatic rings. The fourth-order valence-electron chi connectivity index (χ4n) is 1.76. The van der Waals surface area contributed by atoms with Crippen LogP contribution < -0.4 is 10.0 Å². The number of rotatable bonds is 10. The average Bonchev–Trinajstić information content (AvgIpc) is 3.11. The van der Waals surface area contributed by atoms with Gasteiger partial charge in [-0.1, -0.05) is 13.8 Å². The van der Waals surface area contributed by atoms with Crippen LogP contribution in [0.3, 0.4) is 0 Å². The lowest BCUT2D eigenvalue weighted by atomic mass is 10.4. The van der Waals surface area contributed by atoms with Crippen molar-refractivity contribution in [2.75, 3.05) is 19.8 Å². The van der Waals surface area contributed by atoms with Gasteiger partial charge in [0.15, 0.2) is 0 Å². The lowest BCUT2D eigenvalue weighted by Crippen LogP contribution is -2.27. The van der Waals surface area contributed by atoms with Crippen molar-refractivity contribution >= 4 is 21.4 Å². The molecule has 0 saturated heterocycles. The molecule has 2 N–H and O–H groups in total. The molecule has 1 aromatic heterocycles. The molecule has 0 radical (unpaired) electrons. The van der Waals surface area contributed by atoms with Crippen LogP contribution in [0.15, 0.2) is 16.3 Å². The highest BCUT2D eigenvalue weighted by molar-refractivity contribution is 7.89. The average molecular weight is 332 g/mol. The summed E-state index contributed by atoms with van der Waals surface area (Å²) in [6, 6.07) is 2.11. The summed E-state index contributed by atoms with van der Waals surface area (Å²) in [6.45, 7) is 6.34. The second-order valence-electron chi connectivity index (χ2n) is 5.70. The SMILES string of the molecule is CC(C)NCc1cc(S(=O)(=O)NCCOCC2CC2)cs1. The Morgan fingerprint density at radius 3 is 2.86 bits per heavy atom. The van der Waals surface area contributed by atoms with Crippen molar-refractivity contribution in [3.63, 3.8) is 0 Å². The van der Waals surface area contributed by atoms with Gasteiger partial charge in [-0.05, 0) is 24.8 Å². The first-order chi connectivity index (χ1) is 9.97. The van der Waals surface area contributed by atoms with E-state index in [1.165, 1.54) is 24.2 Å². The minimum absolute atomic E-state index is 0.324. The zero-order valence-corrected chi connectivity index (χ0v) is 14.2. The van der Waals surface area contributed by atoms with Crippen molar-refractivity contribution in [3.05, 3.63) is 16.3 Å². The van der Waals surface area contributed by atoms with E-state index >= 15 is 0 Å². The van der Waals surface area contributed by atoms with E-state index in [-0.39, 0.29) is 0 Å². The van der Waals surface area contributed by atoms with Crippen LogP contribution in [-0.4, -0.2) is 34.2 Å². The molecule has 0 atom stereocenters. The van der Waals surface area contributed by atoms with E-state index < -0.39 is 10.0 Å². The minimum Gasteiger partial charge on any atom is -0.380 e. The van der Waals surface area contributed by atoms with E-state index in [2.05, 4.69) is 23.9 Å². The topological polar surface area (TPSA) is 67.4 Å². The van der Waals surface area contributed by atoms with Crippen molar-refractivity contribution in [3.8, 4) is 0 Å². The summed E-state index contributed by atoms with van der Waals surface area (Å²) in [4.78, 5) is 1.37. The van der Waals surface area contributed by atoms with E-state index in [0.717, 1.165) is 11.5 Å². The summed E-state index contributed by atoms with van der Waals surface area (Å²) in [7, 11) is -3.41. The summed E-state index contributed by atoms with van der Waals surface area (Å²) >= 11 is 1.46. The summed E-state index contributed by atoms with van der Waals surface area (Å²) in [5, 5.41) is 4.96. The molecule has 0 bridgehead atoms. The van der Waals surface area contributed by atoms with Gasteiger partial charge in [-0.2, -0.15) is 0 Å². The molecule has 0 amide bonds. The second-order valence-corrected chi connectivity index (χ2v) is 8.46. The third kappa shape index (κ3) is 6.04. The Hall–Kier alpha value is -0.470. The second kappa shape index (κ2) is 7.69. The highest BCUT2D eigenvalue weighted by Gasteiger charge is 2.21. The lowest BCUT2D eigenvalue weighted by Gasteiger charge is -2.06. The van der Waals surface area contributed by atoms with E-state index in [1.54, 1.807) is 11.4 Å². The molecule has 1 heterocycles. The molecular weight excluding hydrogens is 308 g/mol. The van der Waals surface area contributed by atoms with E-state index in [9.17, 15) is 8.42 Å². The fourth-order valence-corrected chi connectivity index (χ4v) is 4.00. The van der Waals surface area contributed by atoms with Gasteiger partial charge in [-0.3, -0.25) is 0 Å². The molecular formula is C14H24N2O3S2. The van der Waals surface area contributed by atoms with Crippen molar-refractivity contribution < 1.29 is 13.2 Å². The van der Waals surface area contributed by atoms with E-state index in [1.807, 2.05) is 0 Å². The van der Waals surface area contributed by atoms with Crippen LogP contribution in [-0.2, 0) is 21.3 Å². The summed E-state index contributed by atoms with van der Waals surface area (Å²) < 4.78 is 32.2. The molecule has 0 aliphatic heterocycles. The Labute approximate surface area is 131 Å².